The Morgan fingerprint density at radius 2 is 1.28 bits per heavy atom. The summed E-state index contributed by atoms with van der Waals surface area (Å²) in [5, 5.41) is 15.9. The van der Waals surface area contributed by atoms with E-state index in [1.165, 1.54) is 82.1 Å². The van der Waals surface area contributed by atoms with E-state index in [4.69, 9.17) is 5.10 Å². The van der Waals surface area contributed by atoms with Crippen LogP contribution in [-0.2, 0) is 4.79 Å². The molecule has 1 aliphatic rings. The lowest BCUT2D eigenvalue weighted by Crippen LogP contribution is -2.21. The second-order valence-corrected chi connectivity index (χ2v) is 10.1. The van der Waals surface area contributed by atoms with Crippen LogP contribution in [0.15, 0.2) is 59.2 Å². The first-order valence-corrected chi connectivity index (χ1v) is 14.1. The normalized spacial score (nSPS) is 14.6. The van der Waals surface area contributed by atoms with Gasteiger partial charge in [-0.25, -0.2) is 0 Å². The van der Waals surface area contributed by atoms with Crippen LogP contribution in [0.2, 0.25) is 0 Å². The summed E-state index contributed by atoms with van der Waals surface area (Å²) >= 11 is 0. The lowest BCUT2D eigenvalue weighted by molar-refractivity contribution is -0.114. The second-order valence-electron chi connectivity index (χ2n) is 10.1. The number of nitrogens with zero attached hydrogens (tertiary/aromatic N) is 2. The van der Waals surface area contributed by atoms with Crippen molar-refractivity contribution in [1.29, 1.82) is 0 Å². The van der Waals surface area contributed by atoms with Gasteiger partial charge in [-0.1, -0.05) is 114 Å². The van der Waals surface area contributed by atoms with E-state index >= 15 is 0 Å². The number of phenolic OH excluding ortho intramolecular Hbond substituents is 1. The maximum Gasteiger partial charge on any atom is 0.280 e. The number of aromatic hydroxyl groups is 1. The summed E-state index contributed by atoms with van der Waals surface area (Å²) in [7, 11) is 0. The van der Waals surface area contributed by atoms with Gasteiger partial charge in [0.1, 0.15) is 5.75 Å². The first-order chi connectivity index (χ1) is 17.6. The van der Waals surface area contributed by atoms with Gasteiger partial charge >= 0.3 is 0 Å². The third-order valence-corrected chi connectivity index (χ3v) is 6.95. The highest BCUT2D eigenvalue weighted by atomic mass is 16.3. The average molecular weight is 489 g/mol. The summed E-state index contributed by atoms with van der Waals surface area (Å²) in [6.45, 7) is 4.31. The molecule has 0 aliphatic carbocycles. The van der Waals surface area contributed by atoms with Crippen molar-refractivity contribution in [2.24, 2.45) is 5.10 Å². The van der Waals surface area contributed by atoms with Crippen molar-refractivity contribution in [1.82, 2.24) is 0 Å². The zero-order valence-electron chi connectivity index (χ0n) is 22.3. The van der Waals surface area contributed by atoms with Crippen LogP contribution in [-0.4, -0.2) is 16.7 Å². The molecule has 0 saturated heterocycles. The van der Waals surface area contributed by atoms with Gasteiger partial charge in [0.2, 0.25) is 0 Å². The minimum absolute atomic E-state index is 0.0865. The van der Waals surface area contributed by atoms with Crippen molar-refractivity contribution in [3.05, 3.63) is 65.2 Å². The van der Waals surface area contributed by atoms with Gasteiger partial charge in [-0.05, 0) is 55.7 Å². The van der Waals surface area contributed by atoms with E-state index in [-0.39, 0.29) is 11.7 Å². The van der Waals surface area contributed by atoms with Crippen LogP contribution in [0.4, 0.5) is 5.69 Å². The zero-order valence-corrected chi connectivity index (χ0v) is 22.3. The van der Waals surface area contributed by atoms with E-state index in [1.54, 1.807) is 12.1 Å². The Labute approximate surface area is 218 Å². The van der Waals surface area contributed by atoms with Crippen LogP contribution in [0.5, 0.6) is 5.75 Å². The molecule has 0 spiro atoms. The molecule has 1 aliphatic heterocycles. The number of carbonyl (C=O) groups excluding carboxylic acids is 1. The molecular formula is C32H44N2O2. The van der Waals surface area contributed by atoms with Gasteiger partial charge in [0.25, 0.3) is 5.91 Å². The Bertz CT molecular complexity index is 990. The fraction of sp³-hybridized carbons (Fsp3) is 0.500. The molecule has 194 valence electrons. The van der Waals surface area contributed by atoms with Gasteiger partial charge in [0.05, 0.1) is 17.0 Å². The number of hydrogen-bond donors (Lipinski definition) is 1. The Kier molecular flexibility index (Phi) is 11.8. The molecule has 0 atom stereocenters. The van der Waals surface area contributed by atoms with Gasteiger partial charge in [0, 0.05) is 0 Å². The summed E-state index contributed by atoms with van der Waals surface area (Å²) in [4.78, 5) is 13.3. The van der Waals surface area contributed by atoms with Gasteiger partial charge < -0.3 is 5.11 Å². The molecule has 2 aromatic rings. The molecule has 1 N–H and O–H groups in total. The van der Waals surface area contributed by atoms with Gasteiger partial charge in [-0.15, -0.1) is 0 Å². The van der Waals surface area contributed by atoms with E-state index in [1.807, 2.05) is 49.4 Å². The minimum atomic E-state index is -0.0865. The van der Waals surface area contributed by atoms with E-state index in [9.17, 15) is 9.90 Å². The molecule has 0 saturated carbocycles. The highest BCUT2D eigenvalue weighted by Crippen LogP contribution is 2.28. The Morgan fingerprint density at radius 3 is 1.83 bits per heavy atom. The standard InChI is InChI=1S/C32H44N2O2/c1-3-4-5-6-7-8-9-10-11-12-13-14-15-16-31-30(25-27-19-23-29(35)24-20-27)32(36)34(33-31)28-21-17-26(2)18-22-28/h17-25,35H,3-16H2,1-2H3. The first-order valence-electron chi connectivity index (χ1n) is 14.1. The summed E-state index contributed by atoms with van der Waals surface area (Å²) < 4.78 is 0. The highest BCUT2D eigenvalue weighted by Gasteiger charge is 2.30. The lowest BCUT2D eigenvalue weighted by atomic mass is 10.00. The van der Waals surface area contributed by atoms with E-state index in [0.29, 0.717) is 5.57 Å². The quantitative estimate of drug-likeness (QED) is 0.189. The molecule has 3 rings (SSSR count). The largest absolute Gasteiger partial charge is 0.508 e. The molecule has 4 nitrogen and oxygen atoms in total. The summed E-state index contributed by atoms with van der Waals surface area (Å²) in [6, 6.07) is 14.9. The van der Waals surface area contributed by atoms with Gasteiger partial charge in [-0.3, -0.25) is 4.79 Å². The fourth-order valence-electron chi connectivity index (χ4n) is 4.70. The topological polar surface area (TPSA) is 52.9 Å². The third-order valence-electron chi connectivity index (χ3n) is 6.95. The number of anilines is 1. The molecule has 0 fully saturated rings. The summed E-state index contributed by atoms with van der Waals surface area (Å²) in [5.74, 6) is 0.133. The molecule has 36 heavy (non-hydrogen) atoms. The molecule has 2 aromatic carbocycles. The van der Waals surface area contributed by atoms with Crippen molar-refractivity contribution < 1.29 is 9.90 Å². The number of rotatable bonds is 16. The number of hydrogen-bond acceptors (Lipinski definition) is 3. The van der Waals surface area contributed by atoms with Crippen molar-refractivity contribution in [2.75, 3.05) is 5.01 Å². The summed E-state index contributed by atoms with van der Waals surface area (Å²) in [6.07, 6.45) is 19.9. The van der Waals surface area contributed by atoms with Gasteiger partial charge in [0.15, 0.2) is 0 Å². The number of unbranched alkanes of at least 4 members (excludes halogenated alkanes) is 12. The SMILES string of the molecule is CCCCCCCCCCCCCCCC1=NN(c2ccc(C)cc2)C(=O)C1=Cc1ccc(O)cc1. The number of amides is 1. The number of phenols is 1. The van der Waals surface area contributed by atoms with Crippen LogP contribution >= 0.6 is 0 Å². The Morgan fingerprint density at radius 1 is 0.750 bits per heavy atom. The Balaban J connectivity index is 1.47. The predicted octanol–water partition coefficient (Wildman–Crippen LogP) is 8.97. The number of carbonyl (C=O) groups is 1. The van der Waals surface area contributed by atoms with Crippen molar-refractivity contribution in [3.63, 3.8) is 0 Å². The van der Waals surface area contributed by atoms with E-state index in [0.717, 1.165) is 35.4 Å². The predicted molar refractivity (Wildman–Crippen MR) is 152 cm³/mol. The molecule has 4 heteroatoms. The maximum absolute atomic E-state index is 13.3. The lowest BCUT2D eigenvalue weighted by Gasteiger charge is -2.11. The van der Waals surface area contributed by atoms with E-state index < -0.39 is 0 Å². The highest BCUT2D eigenvalue weighted by molar-refractivity contribution is 6.32. The number of hydrazone groups is 1. The van der Waals surface area contributed by atoms with Gasteiger partial charge in [-0.2, -0.15) is 10.1 Å². The zero-order chi connectivity index (χ0) is 25.6. The van der Waals surface area contributed by atoms with E-state index in [2.05, 4.69) is 6.92 Å². The molecule has 1 heterocycles. The Hall–Kier alpha value is -2.88. The van der Waals surface area contributed by atoms with Crippen molar-refractivity contribution in [3.8, 4) is 5.75 Å². The second kappa shape index (κ2) is 15.3. The smallest absolute Gasteiger partial charge is 0.280 e. The van der Waals surface area contributed by atoms with Crippen LogP contribution in [0.25, 0.3) is 6.08 Å². The third kappa shape index (κ3) is 8.96. The monoisotopic (exact) mass is 488 g/mol. The average Bonchev–Trinajstić information content (AvgIpc) is 3.18. The van der Waals surface area contributed by atoms with Crippen LogP contribution in [0.1, 0.15) is 108 Å². The molecule has 1 amide bonds. The van der Waals surface area contributed by atoms with Crippen molar-refractivity contribution in [2.45, 2.75) is 104 Å². The molecular weight excluding hydrogens is 444 g/mol. The molecule has 0 radical (unpaired) electrons. The van der Waals surface area contributed by atoms with Crippen LogP contribution in [0.3, 0.4) is 0 Å². The number of aryl methyl sites for hydroxylation is 1. The maximum atomic E-state index is 13.3. The van der Waals surface area contributed by atoms with Crippen LogP contribution in [0, 0.1) is 6.92 Å². The van der Waals surface area contributed by atoms with Crippen molar-refractivity contribution >= 4 is 23.4 Å². The van der Waals surface area contributed by atoms with Crippen LogP contribution < -0.4 is 5.01 Å². The molecule has 0 aromatic heterocycles. The number of benzene rings is 2. The summed E-state index contributed by atoms with van der Waals surface area (Å²) in [5.41, 5.74) is 4.35. The molecule has 0 unspecified atom stereocenters. The fourth-order valence-corrected chi connectivity index (χ4v) is 4.70. The minimum Gasteiger partial charge on any atom is -0.508 e. The molecule has 0 bridgehead atoms. The first kappa shape index (κ1) is 27.7.